The van der Waals surface area contributed by atoms with Crippen molar-refractivity contribution in [1.82, 2.24) is 4.98 Å². The van der Waals surface area contributed by atoms with Gasteiger partial charge < -0.3 is 10.4 Å². The Morgan fingerprint density at radius 2 is 2.26 bits per heavy atom. The Hall–Kier alpha value is -1.44. The van der Waals surface area contributed by atoms with Crippen LogP contribution in [0.5, 0.6) is 0 Å². The Balaban J connectivity index is 2.00. The maximum atomic E-state index is 11.7. The predicted octanol–water partition coefficient (Wildman–Crippen LogP) is 3.60. The third kappa shape index (κ3) is 4.02. The van der Waals surface area contributed by atoms with E-state index in [4.69, 9.17) is 0 Å². The second kappa shape index (κ2) is 6.14. The number of aliphatic hydroxyl groups excluding tert-OH is 1. The van der Waals surface area contributed by atoms with Crippen LogP contribution in [0.2, 0.25) is 0 Å². The lowest BCUT2D eigenvalue weighted by Crippen LogP contribution is -2.19. The number of carbonyl (C=O) groups excluding carboxylic acids is 1. The normalized spacial score (nSPS) is 11.9. The molecule has 0 aliphatic rings. The summed E-state index contributed by atoms with van der Waals surface area (Å²) >= 11 is 4.60. The Morgan fingerprint density at radius 1 is 1.47 bits per heavy atom. The molecular formula is C12H12BrN3O2S. The van der Waals surface area contributed by atoms with Crippen LogP contribution >= 0.6 is 27.3 Å². The maximum absolute atomic E-state index is 11.7. The van der Waals surface area contributed by atoms with Gasteiger partial charge in [0.25, 0.3) is 0 Å². The van der Waals surface area contributed by atoms with E-state index in [-0.39, 0.29) is 6.03 Å². The fourth-order valence-electron chi connectivity index (χ4n) is 1.45. The number of aromatic nitrogens is 1. The minimum Gasteiger partial charge on any atom is -0.389 e. The van der Waals surface area contributed by atoms with Crippen molar-refractivity contribution in [3.05, 3.63) is 39.8 Å². The first kappa shape index (κ1) is 14.0. The summed E-state index contributed by atoms with van der Waals surface area (Å²) in [5.41, 5.74) is 1.36. The number of urea groups is 1. The van der Waals surface area contributed by atoms with E-state index in [1.807, 2.05) is 0 Å². The molecule has 0 fully saturated rings. The van der Waals surface area contributed by atoms with Crippen molar-refractivity contribution in [3.63, 3.8) is 0 Å². The number of hydrogen-bond acceptors (Lipinski definition) is 4. The first-order valence-corrected chi connectivity index (χ1v) is 7.13. The molecule has 1 atom stereocenters. The van der Waals surface area contributed by atoms with E-state index in [0.29, 0.717) is 10.8 Å². The molecule has 0 bridgehead atoms. The van der Waals surface area contributed by atoms with Crippen LogP contribution in [0, 0.1) is 0 Å². The fraction of sp³-hybridized carbons (Fsp3) is 0.167. The number of nitrogens with zero attached hydrogens (tertiary/aromatic N) is 1. The second-order valence-electron chi connectivity index (χ2n) is 3.85. The number of amides is 2. The zero-order valence-electron chi connectivity index (χ0n) is 10.1. The van der Waals surface area contributed by atoms with Gasteiger partial charge in [0.2, 0.25) is 0 Å². The van der Waals surface area contributed by atoms with Crippen LogP contribution < -0.4 is 10.6 Å². The molecule has 1 unspecified atom stereocenters. The van der Waals surface area contributed by atoms with Gasteiger partial charge in [-0.3, -0.25) is 5.32 Å². The molecule has 2 aromatic rings. The third-order valence-corrected chi connectivity index (χ3v) is 3.72. The van der Waals surface area contributed by atoms with Crippen molar-refractivity contribution in [2.45, 2.75) is 13.0 Å². The highest BCUT2D eigenvalue weighted by Gasteiger charge is 2.07. The van der Waals surface area contributed by atoms with Crippen molar-refractivity contribution in [1.29, 1.82) is 0 Å². The van der Waals surface area contributed by atoms with Gasteiger partial charge in [-0.05, 0) is 40.5 Å². The van der Waals surface area contributed by atoms with Crippen LogP contribution in [-0.2, 0) is 0 Å². The lowest BCUT2D eigenvalue weighted by molar-refractivity contribution is 0.199. The molecule has 100 valence electrons. The molecule has 3 N–H and O–H groups in total. The molecule has 2 amide bonds. The van der Waals surface area contributed by atoms with Crippen molar-refractivity contribution in [3.8, 4) is 0 Å². The second-order valence-corrected chi connectivity index (χ2v) is 6.26. The van der Waals surface area contributed by atoms with Crippen molar-refractivity contribution >= 4 is 44.1 Å². The standard InChI is InChI=1S/C12H12BrN3O2S/c1-7(17)8-3-2-4-9(5-8)15-11(18)16-12-14-6-10(13)19-12/h2-7,17H,1H3,(H2,14,15,16,18). The maximum Gasteiger partial charge on any atom is 0.325 e. The van der Waals surface area contributed by atoms with Gasteiger partial charge in [-0.15, -0.1) is 0 Å². The number of halogens is 1. The molecule has 5 nitrogen and oxygen atoms in total. The van der Waals surface area contributed by atoms with Gasteiger partial charge in [0.05, 0.1) is 16.1 Å². The van der Waals surface area contributed by atoms with Crippen LogP contribution in [0.25, 0.3) is 0 Å². The molecule has 0 spiro atoms. The molecule has 0 aliphatic carbocycles. The number of benzene rings is 1. The lowest BCUT2D eigenvalue weighted by Gasteiger charge is -2.09. The summed E-state index contributed by atoms with van der Waals surface area (Å²) in [6.45, 7) is 1.67. The molecule has 0 radical (unpaired) electrons. The summed E-state index contributed by atoms with van der Waals surface area (Å²) in [5, 5.41) is 15.3. The summed E-state index contributed by atoms with van der Waals surface area (Å²) in [6, 6.07) is 6.68. The quantitative estimate of drug-likeness (QED) is 0.798. The van der Waals surface area contributed by atoms with E-state index >= 15 is 0 Å². The molecule has 2 rings (SSSR count). The first-order chi connectivity index (χ1) is 9.04. The highest BCUT2D eigenvalue weighted by Crippen LogP contribution is 2.23. The number of aliphatic hydroxyl groups is 1. The van der Waals surface area contributed by atoms with Gasteiger partial charge >= 0.3 is 6.03 Å². The number of anilines is 2. The number of carbonyl (C=O) groups is 1. The monoisotopic (exact) mass is 341 g/mol. The number of nitrogens with one attached hydrogen (secondary N) is 2. The lowest BCUT2D eigenvalue weighted by atomic mass is 10.1. The molecule has 1 aromatic heterocycles. The fourth-order valence-corrected chi connectivity index (χ4v) is 2.55. The number of rotatable bonds is 3. The summed E-state index contributed by atoms with van der Waals surface area (Å²) in [5.74, 6) is 0. The smallest absolute Gasteiger partial charge is 0.325 e. The minimum atomic E-state index is -0.570. The van der Waals surface area contributed by atoms with E-state index in [9.17, 15) is 9.90 Å². The molecule has 0 saturated carbocycles. The topological polar surface area (TPSA) is 74.2 Å². The van der Waals surface area contributed by atoms with Crippen LogP contribution in [0.4, 0.5) is 15.6 Å². The van der Waals surface area contributed by atoms with Crippen LogP contribution in [-0.4, -0.2) is 16.1 Å². The molecular weight excluding hydrogens is 330 g/mol. The summed E-state index contributed by atoms with van der Waals surface area (Å²) < 4.78 is 0.846. The molecule has 19 heavy (non-hydrogen) atoms. The average Bonchev–Trinajstić information content (AvgIpc) is 2.74. The Kier molecular flexibility index (Phi) is 4.52. The van der Waals surface area contributed by atoms with Gasteiger partial charge in [0.1, 0.15) is 0 Å². The molecule has 0 aliphatic heterocycles. The highest BCUT2D eigenvalue weighted by atomic mass is 79.9. The third-order valence-electron chi connectivity index (χ3n) is 2.32. The van der Waals surface area contributed by atoms with Gasteiger partial charge in [0.15, 0.2) is 5.13 Å². The average molecular weight is 342 g/mol. The molecule has 1 aromatic carbocycles. The number of thiazole rings is 1. The van der Waals surface area contributed by atoms with Crippen LogP contribution in [0.1, 0.15) is 18.6 Å². The van der Waals surface area contributed by atoms with Gasteiger partial charge in [-0.25, -0.2) is 9.78 Å². The molecule has 0 saturated heterocycles. The van der Waals surface area contributed by atoms with E-state index in [2.05, 4.69) is 31.5 Å². The molecule has 1 heterocycles. The zero-order valence-corrected chi connectivity index (χ0v) is 12.5. The predicted molar refractivity (Wildman–Crippen MR) is 79.5 cm³/mol. The first-order valence-electron chi connectivity index (χ1n) is 5.52. The summed E-state index contributed by atoms with van der Waals surface area (Å²) in [7, 11) is 0. The largest absolute Gasteiger partial charge is 0.389 e. The Labute approximate surface area is 122 Å². The van der Waals surface area contributed by atoms with Gasteiger partial charge in [-0.2, -0.15) is 0 Å². The van der Waals surface area contributed by atoms with E-state index in [1.54, 1.807) is 37.4 Å². The van der Waals surface area contributed by atoms with Gasteiger partial charge in [-0.1, -0.05) is 23.5 Å². The SMILES string of the molecule is CC(O)c1cccc(NC(=O)Nc2ncc(Br)s2)c1. The summed E-state index contributed by atoms with van der Waals surface area (Å²) in [4.78, 5) is 15.7. The van der Waals surface area contributed by atoms with E-state index in [1.165, 1.54) is 11.3 Å². The van der Waals surface area contributed by atoms with E-state index in [0.717, 1.165) is 9.35 Å². The van der Waals surface area contributed by atoms with Crippen molar-refractivity contribution in [2.75, 3.05) is 10.6 Å². The van der Waals surface area contributed by atoms with Crippen LogP contribution in [0.15, 0.2) is 34.2 Å². The number of hydrogen-bond donors (Lipinski definition) is 3. The van der Waals surface area contributed by atoms with E-state index < -0.39 is 6.10 Å². The Bertz CT molecular complexity index is 586. The van der Waals surface area contributed by atoms with Crippen LogP contribution in [0.3, 0.4) is 0 Å². The minimum absolute atomic E-state index is 0.371. The van der Waals surface area contributed by atoms with Crippen molar-refractivity contribution < 1.29 is 9.90 Å². The zero-order chi connectivity index (χ0) is 13.8. The Morgan fingerprint density at radius 3 is 2.89 bits per heavy atom. The van der Waals surface area contributed by atoms with Gasteiger partial charge in [0, 0.05) is 5.69 Å². The summed E-state index contributed by atoms with van der Waals surface area (Å²) in [6.07, 6.45) is 1.05. The molecule has 7 heteroatoms. The highest BCUT2D eigenvalue weighted by molar-refractivity contribution is 9.11. The van der Waals surface area contributed by atoms with Crippen molar-refractivity contribution in [2.24, 2.45) is 0 Å².